The molecule has 118 valence electrons. The van der Waals surface area contributed by atoms with Crippen molar-refractivity contribution >= 4 is 11.8 Å². The maximum Gasteiger partial charge on any atom is 0.126 e. The largest absolute Gasteiger partial charge is 0.310 e. The van der Waals surface area contributed by atoms with Gasteiger partial charge in [-0.2, -0.15) is 11.8 Å². The minimum atomic E-state index is -0.0958. The van der Waals surface area contributed by atoms with Gasteiger partial charge in [0.15, 0.2) is 0 Å². The second-order valence-corrected chi connectivity index (χ2v) is 6.94. The molecule has 1 N–H and O–H groups in total. The van der Waals surface area contributed by atoms with Crippen LogP contribution in [-0.4, -0.2) is 42.6 Å². The summed E-state index contributed by atoms with van der Waals surface area (Å²) < 4.78 is 13.8. The molecule has 0 bridgehead atoms. The van der Waals surface area contributed by atoms with Crippen LogP contribution in [0.5, 0.6) is 0 Å². The van der Waals surface area contributed by atoms with Crippen molar-refractivity contribution in [3.63, 3.8) is 0 Å². The molecule has 21 heavy (non-hydrogen) atoms. The van der Waals surface area contributed by atoms with Crippen molar-refractivity contribution in [3.8, 4) is 0 Å². The summed E-state index contributed by atoms with van der Waals surface area (Å²) in [5, 5.41) is 3.50. The number of benzene rings is 1. The van der Waals surface area contributed by atoms with Gasteiger partial charge in [-0.3, -0.25) is 0 Å². The lowest BCUT2D eigenvalue weighted by molar-refractivity contribution is 0.275. The highest BCUT2D eigenvalue weighted by Gasteiger charge is 2.15. The highest BCUT2D eigenvalue weighted by atomic mass is 32.2. The number of hydrogen-bond acceptors (Lipinski definition) is 3. The van der Waals surface area contributed by atoms with Gasteiger partial charge in [0.2, 0.25) is 0 Å². The lowest BCUT2D eigenvalue weighted by Crippen LogP contribution is -2.31. The summed E-state index contributed by atoms with van der Waals surface area (Å²) in [5.41, 5.74) is 1.79. The smallest absolute Gasteiger partial charge is 0.126 e. The van der Waals surface area contributed by atoms with Crippen LogP contribution in [0.25, 0.3) is 0 Å². The third kappa shape index (κ3) is 5.28. The first-order chi connectivity index (χ1) is 10.2. The molecule has 0 spiro atoms. The topological polar surface area (TPSA) is 15.3 Å². The van der Waals surface area contributed by atoms with Gasteiger partial charge in [-0.15, -0.1) is 0 Å². The Labute approximate surface area is 132 Å². The van der Waals surface area contributed by atoms with Crippen molar-refractivity contribution in [2.75, 3.05) is 37.7 Å². The first-order valence-corrected chi connectivity index (χ1v) is 9.15. The van der Waals surface area contributed by atoms with Crippen LogP contribution in [0.3, 0.4) is 0 Å². The zero-order chi connectivity index (χ0) is 15.1. The van der Waals surface area contributed by atoms with E-state index in [0.29, 0.717) is 0 Å². The van der Waals surface area contributed by atoms with Crippen LogP contribution in [0.1, 0.15) is 36.9 Å². The number of hydrogen-bond donors (Lipinski definition) is 1. The van der Waals surface area contributed by atoms with E-state index in [1.807, 2.05) is 13.0 Å². The van der Waals surface area contributed by atoms with Crippen molar-refractivity contribution in [3.05, 3.63) is 35.1 Å². The van der Waals surface area contributed by atoms with Gasteiger partial charge in [-0.1, -0.05) is 19.1 Å². The zero-order valence-electron chi connectivity index (χ0n) is 13.2. The van der Waals surface area contributed by atoms with E-state index in [1.165, 1.54) is 31.0 Å². The van der Waals surface area contributed by atoms with Crippen LogP contribution in [0.15, 0.2) is 18.2 Å². The second kappa shape index (κ2) is 8.76. The monoisotopic (exact) mass is 310 g/mol. The molecule has 1 unspecified atom stereocenters. The summed E-state index contributed by atoms with van der Waals surface area (Å²) in [6.07, 6.45) is 2.33. The van der Waals surface area contributed by atoms with Gasteiger partial charge in [-0.25, -0.2) is 4.39 Å². The number of nitrogens with zero attached hydrogens (tertiary/aromatic N) is 1. The molecule has 1 fully saturated rings. The predicted octanol–water partition coefficient (Wildman–Crippen LogP) is 3.61. The van der Waals surface area contributed by atoms with Crippen LogP contribution in [0, 0.1) is 12.7 Å². The fourth-order valence-electron chi connectivity index (χ4n) is 2.79. The zero-order valence-corrected chi connectivity index (χ0v) is 14.0. The van der Waals surface area contributed by atoms with Crippen molar-refractivity contribution in [1.29, 1.82) is 0 Å². The maximum absolute atomic E-state index is 13.8. The maximum atomic E-state index is 13.8. The normalized spacial score (nSPS) is 18.4. The Morgan fingerprint density at radius 1 is 1.33 bits per heavy atom. The van der Waals surface area contributed by atoms with Crippen molar-refractivity contribution in [2.45, 2.75) is 32.7 Å². The lowest BCUT2D eigenvalue weighted by Gasteiger charge is -2.24. The Bertz CT molecular complexity index is 431. The Morgan fingerprint density at radius 2 is 2.19 bits per heavy atom. The van der Waals surface area contributed by atoms with Gasteiger partial charge in [0.25, 0.3) is 0 Å². The first kappa shape index (κ1) is 16.8. The number of nitrogens with one attached hydrogen (secondary N) is 1. The van der Waals surface area contributed by atoms with E-state index in [4.69, 9.17) is 0 Å². The fraction of sp³-hybridized carbons (Fsp3) is 0.647. The number of aryl methyl sites for hydroxylation is 1. The molecule has 2 rings (SSSR count). The number of rotatable bonds is 6. The SMILES string of the molecule is CCNC(CCN1CCCSCC1)c1ccc(C)c(F)c1. The third-order valence-electron chi connectivity index (χ3n) is 4.10. The van der Waals surface area contributed by atoms with Gasteiger partial charge < -0.3 is 10.2 Å². The molecule has 1 aromatic rings. The van der Waals surface area contributed by atoms with Crippen LogP contribution >= 0.6 is 11.8 Å². The molecule has 0 aliphatic carbocycles. The first-order valence-electron chi connectivity index (χ1n) is 8.00. The number of halogens is 1. The van der Waals surface area contributed by atoms with Gasteiger partial charge in [0.05, 0.1) is 0 Å². The number of thioether (sulfide) groups is 1. The minimum absolute atomic E-state index is 0.0958. The average molecular weight is 310 g/mol. The summed E-state index contributed by atoms with van der Waals surface area (Å²) in [4.78, 5) is 2.55. The van der Waals surface area contributed by atoms with Gasteiger partial charge in [-0.05, 0) is 62.3 Å². The summed E-state index contributed by atoms with van der Waals surface area (Å²) in [7, 11) is 0. The summed E-state index contributed by atoms with van der Waals surface area (Å²) in [6.45, 7) is 8.32. The molecule has 1 aromatic carbocycles. The average Bonchev–Trinajstić information content (AvgIpc) is 2.75. The van der Waals surface area contributed by atoms with Crippen LogP contribution in [0.4, 0.5) is 4.39 Å². The fourth-order valence-corrected chi connectivity index (χ4v) is 3.72. The Kier molecular flexibility index (Phi) is 7.00. The molecular weight excluding hydrogens is 283 g/mol. The van der Waals surface area contributed by atoms with E-state index in [-0.39, 0.29) is 11.9 Å². The summed E-state index contributed by atoms with van der Waals surface area (Å²) in [5.74, 6) is 2.43. The van der Waals surface area contributed by atoms with Gasteiger partial charge in [0.1, 0.15) is 5.82 Å². The molecule has 1 heterocycles. The quantitative estimate of drug-likeness (QED) is 0.864. The van der Waals surface area contributed by atoms with Crippen molar-refractivity contribution < 1.29 is 4.39 Å². The van der Waals surface area contributed by atoms with E-state index in [9.17, 15) is 4.39 Å². The minimum Gasteiger partial charge on any atom is -0.310 e. The van der Waals surface area contributed by atoms with Gasteiger partial charge in [0, 0.05) is 18.3 Å². The third-order valence-corrected chi connectivity index (χ3v) is 5.15. The lowest BCUT2D eigenvalue weighted by atomic mass is 10.0. The van der Waals surface area contributed by atoms with E-state index in [2.05, 4.69) is 35.0 Å². The molecule has 2 nitrogen and oxygen atoms in total. The predicted molar refractivity (Wildman–Crippen MR) is 90.6 cm³/mol. The molecule has 0 aromatic heterocycles. The van der Waals surface area contributed by atoms with E-state index >= 15 is 0 Å². The molecule has 1 saturated heterocycles. The summed E-state index contributed by atoms with van der Waals surface area (Å²) >= 11 is 2.06. The standard InChI is InChI=1S/C17H27FN2S/c1-3-19-17(15-6-5-14(2)16(18)13-15)7-9-20-8-4-11-21-12-10-20/h5-6,13,17,19H,3-4,7-12H2,1-2H3. The van der Waals surface area contributed by atoms with E-state index in [0.717, 1.165) is 30.6 Å². The molecule has 1 atom stereocenters. The molecule has 1 aliphatic rings. The molecule has 0 amide bonds. The van der Waals surface area contributed by atoms with Crippen molar-refractivity contribution in [2.24, 2.45) is 0 Å². The Balaban J connectivity index is 1.95. The van der Waals surface area contributed by atoms with Crippen LogP contribution in [0.2, 0.25) is 0 Å². The van der Waals surface area contributed by atoms with E-state index < -0.39 is 0 Å². The van der Waals surface area contributed by atoms with E-state index in [1.54, 1.807) is 6.07 Å². The molecule has 0 radical (unpaired) electrons. The van der Waals surface area contributed by atoms with Crippen LogP contribution in [-0.2, 0) is 0 Å². The Morgan fingerprint density at radius 3 is 2.95 bits per heavy atom. The highest BCUT2D eigenvalue weighted by Crippen LogP contribution is 2.21. The molecule has 0 saturated carbocycles. The highest BCUT2D eigenvalue weighted by molar-refractivity contribution is 7.99. The van der Waals surface area contributed by atoms with Gasteiger partial charge >= 0.3 is 0 Å². The van der Waals surface area contributed by atoms with Crippen LogP contribution < -0.4 is 5.32 Å². The Hall–Kier alpha value is -0.580. The second-order valence-electron chi connectivity index (χ2n) is 5.72. The summed E-state index contributed by atoms with van der Waals surface area (Å²) in [6, 6.07) is 5.89. The molecule has 4 heteroatoms. The molecule has 1 aliphatic heterocycles. The molecular formula is C17H27FN2S. The van der Waals surface area contributed by atoms with Crippen molar-refractivity contribution in [1.82, 2.24) is 10.2 Å².